The minimum absolute atomic E-state index is 0.649. The molecule has 0 nitrogen and oxygen atoms in total. The second-order valence-corrected chi connectivity index (χ2v) is 6.49. The van der Waals surface area contributed by atoms with Gasteiger partial charge in [-0.1, -0.05) is 69.6 Å². The summed E-state index contributed by atoms with van der Waals surface area (Å²) in [6.07, 6.45) is 12.6. The largest absolute Gasteiger partial charge is 0.0977 e. The predicted molar refractivity (Wildman–Crippen MR) is 70.3 cm³/mol. The number of rotatable bonds is 8. The second kappa shape index (κ2) is 10.8. The van der Waals surface area contributed by atoms with Crippen LogP contribution in [0.2, 0.25) is 6.55 Å². The number of hydrogen-bond donors (Lipinski definition) is 0. The molecule has 1 heteroatoms. The van der Waals surface area contributed by atoms with Crippen LogP contribution in [0, 0.1) is 0 Å². The van der Waals surface area contributed by atoms with E-state index in [1.54, 1.807) is 0 Å². The molecule has 0 saturated carbocycles. The molecule has 0 spiro atoms. The fourth-order valence-electron chi connectivity index (χ4n) is 1.33. The van der Waals surface area contributed by atoms with E-state index in [9.17, 15) is 0 Å². The van der Waals surface area contributed by atoms with Crippen LogP contribution in [0.5, 0.6) is 0 Å². The fraction of sp³-hybridized carbons (Fsp3) is 0.692. The predicted octanol–water partition coefficient (Wildman–Crippen LogP) is 4.41. The Morgan fingerprint density at radius 3 is 1.64 bits per heavy atom. The maximum Gasteiger partial charge on any atom is 0.0814 e. The van der Waals surface area contributed by atoms with Crippen molar-refractivity contribution in [1.82, 2.24) is 0 Å². The van der Waals surface area contributed by atoms with Gasteiger partial charge in [-0.25, -0.2) is 0 Å². The van der Waals surface area contributed by atoms with Gasteiger partial charge in [0, 0.05) is 0 Å². The molecule has 0 amide bonds. The molecule has 0 aliphatic carbocycles. The van der Waals surface area contributed by atoms with Crippen molar-refractivity contribution in [3.05, 3.63) is 23.6 Å². The average Bonchev–Trinajstić information content (AvgIpc) is 2.19. The minimum Gasteiger partial charge on any atom is -0.0977 e. The highest BCUT2D eigenvalue weighted by Crippen LogP contribution is 1.99. The van der Waals surface area contributed by atoms with Crippen LogP contribution in [-0.2, 0) is 0 Å². The van der Waals surface area contributed by atoms with Crippen LogP contribution in [-0.4, -0.2) is 8.80 Å². The maximum absolute atomic E-state index is 2.46. The normalized spacial score (nSPS) is 14.2. The topological polar surface area (TPSA) is 0 Å². The minimum atomic E-state index is -0.649. The Morgan fingerprint density at radius 2 is 1.29 bits per heavy atom. The van der Waals surface area contributed by atoms with Gasteiger partial charge in [0.05, 0.1) is 8.80 Å². The lowest BCUT2D eigenvalue weighted by atomic mass is 10.2. The highest BCUT2D eigenvalue weighted by molar-refractivity contribution is 6.68. The van der Waals surface area contributed by atoms with Crippen molar-refractivity contribution < 1.29 is 0 Å². The van der Waals surface area contributed by atoms with Crippen LogP contribution < -0.4 is 0 Å². The summed E-state index contributed by atoms with van der Waals surface area (Å²) < 4.78 is 0. The third-order valence-electron chi connectivity index (χ3n) is 2.33. The summed E-state index contributed by atoms with van der Waals surface area (Å²) in [6.45, 7) is 6.89. The molecule has 0 saturated heterocycles. The second-order valence-electron chi connectivity index (χ2n) is 4.00. The first-order valence-electron chi connectivity index (χ1n) is 6.14. The van der Waals surface area contributed by atoms with E-state index in [2.05, 4.69) is 43.9 Å². The summed E-state index contributed by atoms with van der Waals surface area (Å²) in [5.41, 5.74) is 4.91. The van der Waals surface area contributed by atoms with E-state index in [0.717, 1.165) is 0 Å². The number of allylic oxidation sites excluding steroid dienone is 2. The molecular weight excluding hydrogens is 184 g/mol. The zero-order chi connectivity index (χ0) is 10.6. The van der Waals surface area contributed by atoms with Crippen molar-refractivity contribution in [1.29, 1.82) is 0 Å². The monoisotopic (exact) mass is 210 g/mol. The fourth-order valence-corrected chi connectivity index (χ4v) is 2.70. The van der Waals surface area contributed by atoms with Crippen molar-refractivity contribution in [2.75, 3.05) is 0 Å². The molecule has 82 valence electrons. The molecule has 14 heavy (non-hydrogen) atoms. The van der Waals surface area contributed by atoms with Crippen molar-refractivity contribution in [3.8, 4) is 0 Å². The molecule has 0 radical (unpaired) electrons. The van der Waals surface area contributed by atoms with Crippen LogP contribution in [0.25, 0.3) is 0 Å². The summed E-state index contributed by atoms with van der Waals surface area (Å²) in [7, 11) is -0.649. The Morgan fingerprint density at radius 1 is 0.857 bits per heavy atom. The molecule has 0 aromatic carbocycles. The Bertz CT molecular complexity index is 141. The highest BCUT2D eigenvalue weighted by Gasteiger charge is 1.90. The summed E-state index contributed by atoms with van der Waals surface area (Å²) >= 11 is 0. The van der Waals surface area contributed by atoms with E-state index in [4.69, 9.17) is 0 Å². The smallest absolute Gasteiger partial charge is 0.0814 e. The van der Waals surface area contributed by atoms with Crippen LogP contribution in [0.4, 0.5) is 0 Å². The Kier molecular flexibility index (Phi) is 10.5. The van der Waals surface area contributed by atoms with Crippen molar-refractivity contribution in [2.24, 2.45) is 0 Å². The molecular formula is C13H26Si. The third-order valence-corrected chi connectivity index (χ3v) is 4.09. The number of unbranched alkanes of at least 4 members (excludes halogenated alkanes) is 4. The van der Waals surface area contributed by atoms with E-state index in [-0.39, 0.29) is 0 Å². The summed E-state index contributed by atoms with van der Waals surface area (Å²) in [6, 6.07) is 0. The van der Waals surface area contributed by atoms with E-state index >= 15 is 0 Å². The van der Waals surface area contributed by atoms with Gasteiger partial charge in [0.1, 0.15) is 0 Å². The third kappa shape index (κ3) is 9.78. The van der Waals surface area contributed by atoms with Gasteiger partial charge < -0.3 is 0 Å². The van der Waals surface area contributed by atoms with Gasteiger partial charge >= 0.3 is 0 Å². The first-order chi connectivity index (χ1) is 6.81. The van der Waals surface area contributed by atoms with Crippen molar-refractivity contribution in [3.63, 3.8) is 0 Å². The molecule has 0 rings (SSSR count). The van der Waals surface area contributed by atoms with Crippen LogP contribution in [0.15, 0.2) is 23.6 Å². The summed E-state index contributed by atoms with van der Waals surface area (Å²) in [4.78, 5) is 0. The van der Waals surface area contributed by atoms with E-state index in [1.807, 2.05) is 0 Å². The summed E-state index contributed by atoms with van der Waals surface area (Å²) in [5, 5.41) is 0. The molecule has 0 aromatic heterocycles. The van der Waals surface area contributed by atoms with Gasteiger partial charge in [0.15, 0.2) is 0 Å². The lowest BCUT2D eigenvalue weighted by molar-refractivity contribution is 0.814. The van der Waals surface area contributed by atoms with Gasteiger partial charge in [-0.2, -0.15) is 0 Å². The van der Waals surface area contributed by atoms with Crippen LogP contribution in [0.3, 0.4) is 0 Å². The van der Waals surface area contributed by atoms with Gasteiger partial charge in [-0.3, -0.25) is 0 Å². The molecule has 0 aliphatic heterocycles. The molecule has 0 atom stereocenters. The molecule has 0 aromatic rings. The lowest BCUT2D eigenvalue weighted by Crippen LogP contribution is -1.97. The zero-order valence-electron chi connectivity index (χ0n) is 10.1. The molecule has 0 fully saturated rings. The zero-order valence-corrected chi connectivity index (χ0v) is 11.3. The SMILES string of the molecule is CCCCC=C[SiH](C)C=CCCCC. The van der Waals surface area contributed by atoms with Gasteiger partial charge in [0.25, 0.3) is 0 Å². The summed E-state index contributed by atoms with van der Waals surface area (Å²) in [5.74, 6) is 0. The van der Waals surface area contributed by atoms with Crippen LogP contribution >= 0.6 is 0 Å². The van der Waals surface area contributed by atoms with Crippen molar-refractivity contribution in [2.45, 2.75) is 58.9 Å². The molecule has 0 bridgehead atoms. The first kappa shape index (κ1) is 13.7. The van der Waals surface area contributed by atoms with Gasteiger partial charge in [-0.15, -0.1) is 0 Å². The van der Waals surface area contributed by atoms with E-state index in [1.165, 1.54) is 38.5 Å². The van der Waals surface area contributed by atoms with Crippen molar-refractivity contribution >= 4 is 8.80 Å². The lowest BCUT2D eigenvalue weighted by Gasteiger charge is -1.96. The number of hydrogen-bond acceptors (Lipinski definition) is 0. The van der Waals surface area contributed by atoms with Gasteiger partial charge in [0.2, 0.25) is 0 Å². The molecule has 0 unspecified atom stereocenters. The maximum atomic E-state index is 2.46. The Balaban J connectivity index is 3.47. The average molecular weight is 210 g/mol. The standard InChI is InChI=1S/C13H26Si/c1-4-6-8-10-12-14(3)13-11-9-7-5-2/h10-14H,4-9H2,1-3H3. The molecule has 0 aliphatic rings. The Labute approximate surface area is 91.7 Å². The van der Waals surface area contributed by atoms with Gasteiger partial charge in [-0.05, 0) is 12.8 Å². The molecule has 0 heterocycles. The van der Waals surface area contributed by atoms with E-state index in [0.29, 0.717) is 0 Å². The first-order valence-corrected chi connectivity index (χ1v) is 8.63. The molecule has 0 N–H and O–H groups in total. The van der Waals surface area contributed by atoms with Crippen LogP contribution in [0.1, 0.15) is 52.4 Å². The highest BCUT2D eigenvalue weighted by atomic mass is 28.3. The Hall–Kier alpha value is -0.303. The quantitative estimate of drug-likeness (QED) is 0.411. The van der Waals surface area contributed by atoms with E-state index < -0.39 is 8.80 Å².